The van der Waals surface area contributed by atoms with E-state index in [2.05, 4.69) is 29.3 Å². The number of alkyl halides is 6. The normalized spacial score (nSPS) is 15.6. The largest absolute Gasteiger partial charge is 0.471 e. The summed E-state index contributed by atoms with van der Waals surface area (Å²) in [7, 11) is 0. The Kier molecular flexibility index (Phi) is 9.99. The van der Waals surface area contributed by atoms with E-state index in [1.807, 2.05) is 6.92 Å². The third-order valence-corrected chi connectivity index (χ3v) is 9.71. The summed E-state index contributed by atoms with van der Waals surface area (Å²) in [4.78, 5) is 34.5. The van der Waals surface area contributed by atoms with Gasteiger partial charge in [-0.2, -0.15) is 36.3 Å². The first kappa shape index (κ1) is 36.1. The van der Waals surface area contributed by atoms with Gasteiger partial charge in [-0.1, -0.05) is 79.0 Å². The summed E-state index contributed by atoms with van der Waals surface area (Å²) in [6.45, 7) is 1.68. The van der Waals surface area contributed by atoms with Crippen LogP contribution in [0.1, 0.15) is 74.3 Å². The molecule has 17 heteroatoms. The van der Waals surface area contributed by atoms with Crippen LogP contribution in [0.25, 0.3) is 22.8 Å². The molecule has 0 spiro atoms. The third-order valence-electron chi connectivity index (χ3n) is 9.30. The van der Waals surface area contributed by atoms with Crippen molar-refractivity contribution in [2.24, 2.45) is 5.92 Å². The van der Waals surface area contributed by atoms with Gasteiger partial charge in [-0.3, -0.25) is 9.59 Å². The molecular weight excluding hydrogens is 706 g/mol. The highest BCUT2D eigenvalue weighted by Gasteiger charge is 2.40. The van der Waals surface area contributed by atoms with Crippen molar-refractivity contribution < 1.29 is 35.4 Å². The van der Waals surface area contributed by atoms with E-state index in [1.165, 1.54) is 40.1 Å². The van der Waals surface area contributed by atoms with Crippen LogP contribution in [0.4, 0.5) is 26.3 Å². The molecule has 1 aromatic carbocycles. The van der Waals surface area contributed by atoms with Gasteiger partial charge >= 0.3 is 24.1 Å². The highest BCUT2D eigenvalue weighted by molar-refractivity contribution is 6.31. The minimum atomic E-state index is -4.88. The number of nitrogens with zero attached hydrogens (tertiary/aromatic N) is 6. The first-order chi connectivity index (χ1) is 24.1. The van der Waals surface area contributed by atoms with Gasteiger partial charge in [-0.05, 0) is 48.6 Å². The Morgan fingerprint density at radius 3 is 1.92 bits per heavy atom. The molecule has 1 fully saturated rings. The third kappa shape index (κ3) is 7.80. The van der Waals surface area contributed by atoms with Crippen molar-refractivity contribution in [3.05, 3.63) is 103 Å². The summed E-state index contributed by atoms with van der Waals surface area (Å²) in [5.74, 6) is -3.51. The number of halogens is 7. The van der Waals surface area contributed by atoms with E-state index in [0.29, 0.717) is 29.3 Å². The fraction of sp³-hybridized carbons (Fsp3) is 0.412. The summed E-state index contributed by atoms with van der Waals surface area (Å²) in [6, 6.07) is 10.2. The lowest BCUT2D eigenvalue weighted by atomic mass is 9.80. The topological polar surface area (TPSA) is 122 Å². The quantitative estimate of drug-likeness (QED) is 0.131. The Labute approximate surface area is 291 Å². The molecule has 0 bridgehead atoms. The smallest absolute Gasteiger partial charge is 0.329 e. The van der Waals surface area contributed by atoms with E-state index < -0.39 is 52.4 Å². The molecule has 270 valence electrons. The highest BCUT2D eigenvalue weighted by atomic mass is 35.5. The maximum absolute atomic E-state index is 14.1. The molecule has 1 saturated carbocycles. The summed E-state index contributed by atoms with van der Waals surface area (Å²) in [5.41, 5.74) is -1.23. The zero-order chi connectivity index (χ0) is 36.6. The van der Waals surface area contributed by atoms with Crippen molar-refractivity contribution in [2.45, 2.75) is 82.7 Å². The number of hydrogen-bond acceptors (Lipinski definition) is 8. The molecule has 0 radical (unpaired) electrons. The molecular formula is C34H31ClF6N6O4. The molecule has 4 aromatic heterocycles. The number of benzene rings is 1. The number of hydrogen-bond donors (Lipinski definition) is 0. The molecule has 51 heavy (non-hydrogen) atoms. The first-order valence-corrected chi connectivity index (χ1v) is 16.5. The van der Waals surface area contributed by atoms with Crippen LogP contribution in [0.3, 0.4) is 0 Å². The average molecular weight is 737 g/mol. The lowest BCUT2D eigenvalue weighted by Crippen LogP contribution is -2.46. The van der Waals surface area contributed by atoms with Crippen LogP contribution in [0.5, 0.6) is 0 Å². The van der Waals surface area contributed by atoms with Crippen LogP contribution >= 0.6 is 11.6 Å². The first-order valence-electron chi connectivity index (χ1n) is 16.2. The molecule has 5 aromatic rings. The Bertz CT molecular complexity index is 2130. The fourth-order valence-electron chi connectivity index (χ4n) is 6.63. The number of pyridine rings is 2. The van der Waals surface area contributed by atoms with E-state index in [4.69, 9.17) is 11.6 Å². The van der Waals surface area contributed by atoms with Gasteiger partial charge in [-0.25, -0.2) is 0 Å². The summed E-state index contributed by atoms with van der Waals surface area (Å²) >= 11 is 6.63. The minimum Gasteiger partial charge on any atom is -0.329 e. The second kappa shape index (κ2) is 14.1. The van der Waals surface area contributed by atoms with Crippen LogP contribution in [-0.2, 0) is 24.4 Å². The summed E-state index contributed by atoms with van der Waals surface area (Å²) < 4.78 is 90.2. The number of aryl methyl sites for hydroxylation is 1. The van der Waals surface area contributed by atoms with Gasteiger partial charge in [0.2, 0.25) is 11.6 Å². The highest BCUT2D eigenvalue weighted by Crippen LogP contribution is 2.38. The second-order valence-electron chi connectivity index (χ2n) is 12.7. The van der Waals surface area contributed by atoms with Crippen molar-refractivity contribution >= 4 is 11.6 Å². The fourth-order valence-corrected chi connectivity index (χ4v) is 6.81. The zero-order valence-corrected chi connectivity index (χ0v) is 27.9. The van der Waals surface area contributed by atoms with Crippen LogP contribution in [0, 0.1) is 12.8 Å². The van der Waals surface area contributed by atoms with E-state index >= 15 is 0 Å². The Balaban J connectivity index is 1.45. The molecule has 10 nitrogen and oxygen atoms in total. The average Bonchev–Trinajstić information content (AvgIpc) is 3.79. The molecule has 1 unspecified atom stereocenters. The number of aromatic nitrogens is 6. The summed E-state index contributed by atoms with van der Waals surface area (Å²) in [6.07, 6.45) is 0.441. The molecule has 0 amide bonds. The predicted octanol–water partition coefficient (Wildman–Crippen LogP) is 8.30. The van der Waals surface area contributed by atoms with Gasteiger partial charge in [0.15, 0.2) is 0 Å². The Hall–Kier alpha value is -4.73. The van der Waals surface area contributed by atoms with E-state index in [-0.39, 0.29) is 17.7 Å². The molecule has 0 aliphatic heterocycles. The standard InChI is InChI=1S/C34H31ClF6N6O4/c1-20-9-10-24(18-25(20)35)32(13-5-8-21-6-3-2-4-7-21,47-15-12-23(17-27(47)49)29-43-31(51-45-29)34(39,40)41)19-46-14-11-22(16-26(46)48)28-42-30(50-44-28)33(36,37)38/h9-12,14-18,21H,2-8,13,19H2,1H3. The van der Waals surface area contributed by atoms with Crippen LogP contribution < -0.4 is 11.1 Å². The lowest BCUT2D eigenvalue weighted by molar-refractivity contribution is -0.160. The molecule has 4 heterocycles. The minimum absolute atomic E-state index is 0.0170. The van der Waals surface area contributed by atoms with Crippen LogP contribution in [0.2, 0.25) is 5.02 Å². The van der Waals surface area contributed by atoms with Crippen molar-refractivity contribution in [1.82, 2.24) is 29.4 Å². The SMILES string of the molecule is Cc1ccc(C(CCCC2CCCCC2)(Cn2ccc(-c3noc(C(F)(F)F)n3)cc2=O)n2ccc(-c3noc(C(F)(F)F)n3)cc2=O)cc1Cl. The van der Waals surface area contributed by atoms with E-state index in [1.54, 1.807) is 18.2 Å². The molecule has 6 rings (SSSR count). The van der Waals surface area contributed by atoms with Crippen molar-refractivity contribution in [3.63, 3.8) is 0 Å². The van der Waals surface area contributed by atoms with Crippen molar-refractivity contribution in [2.75, 3.05) is 0 Å². The van der Waals surface area contributed by atoms with Gasteiger partial charge in [0.05, 0.1) is 12.1 Å². The molecule has 0 N–H and O–H groups in total. The van der Waals surface area contributed by atoms with Gasteiger partial charge < -0.3 is 18.2 Å². The Morgan fingerprint density at radius 2 is 1.39 bits per heavy atom. The lowest BCUT2D eigenvalue weighted by Gasteiger charge is -2.38. The number of rotatable bonds is 10. The van der Waals surface area contributed by atoms with Crippen molar-refractivity contribution in [1.29, 1.82) is 0 Å². The Morgan fingerprint density at radius 1 is 0.804 bits per heavy atom. The molecule has 0 saturated heterocycles. The van der Waals surface area contributed by atoms with Crippen molar-refractivity contribution in [3.8, 4) is 22.8 Å². The maximum atomic E-state index is 14.1. The van der Waals surface area contributed by atoms with Crippen LogP contribution in [-0.4, -0.2) is 29.4 Å². The monoisotopic (exact) mass is 736 g/mol. The van der Waals surface area contributed by atoms with Crippen LogP contribution in [0.15, 0.2) is 73.5 Å². The molecule has 1 aliphatic rings. The van der Waals surface area contributed by atoms with E-state index in [9.17, 15) is 35.9 Å². The van der Waals surface area contributed by atoms with Gasteiger partial charge in [-0.15, -0.1) is 0 Å². The summed E-state index contributed by atoms with van der Waals surface area (Å²) in [5, 5.41) is 7.16. The van der Waals surface area contributed by atoms with E-state index in [0.717, 1.165) is 49.8 Å². The zero-order valence-electron chi connectivity index (χ0n) is 27.1. The predicted molar refractivity (Wildman–Crippen MR) is 172 cm³/mol. The second-order valence-corrected chi connectivity index (χ2v) is 13.1. The molecule has 1 aliphatic carbocycles. The maximum Gasteiger partial charge on any atom is 0.471 e. The molecule has 1 atom stereocenters. The van der Waals surface area contributed by atoms with Gasteiger partial charge in [0.1, 0.15) is 0 Å². The van der Waals surface area contributed by atoms with Gasteiger partial charge in [0, 0.05) is 40.7 Å². The van der Waals surface area contributed by atoms with Gasteiger partial charge in [0.25, 0.3) is 11.1 Å².